The molecule has 0 fully saturated rings. The van der Waals surface area contributed by atoms with Crippen LogP contribution in [0.15, 0.2) is 24.3 Å². The molecule has 1 rings (SSSR count). The first kappa shape index (κ1) is 15.2. The molecule has 0 radical (unpaired) electrons. The number of hydrogen-bond acceptors (Lipinski definition) is 4. The summed E-state index contributed by atoms with van der Waals surface area (Å²) in [6, 6.07) is 8.81. The predicted octanol–water partition coefficient (Wildman–Crippen LogP) is 2.36. The zero-order valence-corrected chi connectivity index (χ0v) is 11.7. The van der Waals surface area contributed by atoms with Crippen molar-refractivity contribution in [1.82, 2.24) is 0 Å². The first-order valence-corrected chi connectivity index (χ1v) is 6.15. The average molecular weight is 261 g/mol. The molecule has 0 aliphatic carbocycles. The minimum Gasteiger partial charge on any atom is -0.458 e. The van der Waals surface area contributed by atoms with Gasteiger partial charge in [0.05, 0.1) is 11.6 Å². The maximum Gasteiger partial charge on any atom is 0.336 e. The van der Waals surface area contributed by atoms with Crippen molar-refractivity contribution in [3.05, 3.63) is 35.4 Å². The summed E-state index contributed by atoms with van der Waals surface area (Å²) >= 11 is 0. The van der Waals surface area contributed by atoms with E-state index in [-0.39, 0.29) is 5.92 Å². The molecule has 0 spiro atoms. The second-order valence-corrected chi connectivity index (χ2v) is 5.50. The van der Waals surface area contributed by atoms with Gasteiger partial charge in [-0.1, -0.05) is 19.1 Å². The highest BCUT2D eigenvalue weighted by Crippen LogP contribution is 2.22. The van der Waals surface area contributed by atoms with Crippen molar-refractivity contribution in [3.63, 3.8) is 0 Å². The number of carbonyl (C=O) groups is 1. The average Bonchev–Trinajstić information content (AvgIpc) is 2.35. The molecule has 0 aliphatic heterocycles. The Hall–Kier alpha value is -1.86. The number of nitrogens with zero attached hydrogens (tertiary/aromatic N) is 1. The third kappa shape index (κ3) is 4.38. The maximum absolute atomic E-state index is 11.8. The quantitative estimate of drug-likeness (QED) is 0.848. The molecule has 0 saturated heterocycles. The maximum atomic E-state index is 11.8. The van der Waals surface area contributed by atoms with Gasteiger partial charge in [-0.2, -0.15) is 5.26 Å². The van der Waals surface area contributed by atoms with E-state index in [9.17, 15) is 9.90 Å². The van der Waals surface area contributed by atoms with Crippen LogP contribution in [-0.2, 0) is 9.53 Å². The molecule has 2 atom stereocenters. The van der Waals surface area contributed by atoms with E-state index in [0.717, 1.165) is 5.56 Å². The van der Waals surface area contributed by atoms with E-state index < -0.39 is 17.7 Å². The first-order valence-electron chi connectivity index (χ1n) is 6.15. The minimum absolute atomic E-state index is 0.386. The van der Waals surface area contributed by atoms with Crippen LogP contribution in [0.25, 0.3) is 0 Å². The van der Waals surface area contributed by atoms with Crippen LogP contribution in [0.4, 0.5) is 0 Å². The minimum atomic E-state index is -1.22. The van der Waals surface area contributed by atoms with Gasteiger partial charge >= 0.3 is 5.97 Å². The summed E-state index contributed by atoms with van der Waals surface area (Å²) in [7, 11) is 0. The Morgan fingerprint density at radius 1 is 1.32 bits per heavy atom. The van der Waals surface area contributed by atoms with Crippen LogP contribution in [0.2, 0.25) is 0 Å². The zero-order valence-electron chi connectivity index (χ0n) is 11.7. The summed E-state index contributed by atoms with van der Waals surface area (Å²) in [4.78, 5) is 11.8. The van der Waals surface area contributed by atoms with Crippen molar-refractivity contribution in [1.29, 1.82) is 5.26 Å². The van der Waals surface area contributed by atoms with Gasteiger partial charge < -0.3 is 9.84 Å². The Balaban J connectivity index is 2.78. The summed E-state index contributed by atoms with van der Waals surface area (Å²) in [5.74, 6) is -1.02. The van der Waals surface area contributed by atoms with E-state index in [1.165, 1.54) is 0 Å². The fraction of sp³-hybridized carbons (Fsp3) is 0.467. The molecule has 4 nitrogen and oxygen atoms in total. The second kappa shape index (κ2) is 5.85. The second-order valence-electron chi connectivity index (χ2n) is 5.50. The number of aliphatic hydroxyl groups is 1. The van der Waals surface area contributed by atoms with E-state index in [1.54, 1.807) is 52.0 Å². The molecule has 0 heterocycles. The summed E-state index contributed by atoms with van der Waals surface area (Å²) in [5.41, 5.74) is 0.711. The lowest BCUT2D eigenvalue weighted by Gasteiger charge is -2.24. The van der Waals surface area contributed by atoms with E-state index in [0.29, 0.717) is 5.56 Å². The van der Waals surface area contributed by atoms with Crippen LogP contribution in [0.3, 0.4) is 0 Å². The summed E-state index contributed by atoms with van der Waals surface area (Å²) < 4.78 is 5.15. The highest BCUT2D eigenvalue weighted by atomic mass is 16.6. The van der Waals surface area contributed by atoms with Gasteiger partial charge in [0.2, 0.25) is 0 Å². The third-order valence-corrected chi connectivity index (χ3v) is 2.69. The molecule has 4 heteroatoms. The van der Waals surface area contributed by atoms with E-state index >= 15 is 0 Å². The van der Waals surface area contributed by atoms with Crippen LogP contribution in [0.5, 0.6) is 0 Å². The fourth-order valence-electron chi connectivity index (χ4n) is 1.61. The molecule has 0 amide bonds. The van der Waals surface area contributed by atoms with Gasteiger partial charge in [0.25, 0.3) is 0 Å². The van der Waals surface area contributed by atoms with Crippen molar-refractivity contribution >= 4 is 5.97 Å². The van der Waals surface area contributed by atoms with Crippen LogP contribution < -0.4 is 0 Å². The van der Waals surface area contributed by atoms with Gasteiger partial charge in [-0.3, -0.25) is 0 Å². The van der Waals surface area contributed by atoms with Crippen molar-refractivity contribution in [2.75, 3.05) is 0 Å². The lowest BCUT2D eigenvalue weighted by Crippen LogP contribution is -2.34. The van der Waals surface area contributed by atoms with Gasteiger partial charge in [-0.05, 0) is 38.5 Å². The van der Waals surface area contributed by atoms with Crippen LogP contribution in [0.1, 0.15) is 44.7 Å². The number of rotatable bonds is 3. The zero-order chi connectivity index (χ0) is 14.6. The van der Waals surface area contributed by atoms with Gasteiger partial charge in [0.15, 0.2) is 6.10 Å². The molecule has 19 heavy (non-hydrogen) atoms. The van der Waals surface area contributed by atoms with Crippen molar-refractivity contribution in [2.24, 2.45) is 0 Å². The monoisotopic (exact) mass is 261 g/mol. The van der Waals surface area contributed by atoms with Gasteiger partial charge in [-0.25, -0.2) is 4.79 Å². The highest BCUT2D eigenvalue weighted by Gasteiger charge is 2.28. The van der Waals surface area contributed by atoms with E-state index in [2.05, 4.69) is 0 Å². The van der Waals surface area contributed by atoms with Crippen LogP contribution >= 0.6 is 0 Å². The van der Waals surface area contributed by atoms with E-state index in [4.69, 9.17) is 10.00 Å². The number of nitriles is 1. The number of ether oxygens (including phenoxy) is 1. The fourth-order valence-corrected chi connectivity index (χ4v) is 1.61. The Morgan fingerprint density at radius 2 is 1.84 bits per heavy atom. The Labute approximate surface area is 113 Å². The van der Waals surface area contributed by atoms with Gasteiger partial charge in [-0.15, -0.1) is 0 Å². The van der Waals surface area contributed by atoms with Crippen molar-refractivity contribution in [2.45, 2.75) is 45.3 Å². The normalized spacial score (nSPS) is 14.3. The standard InChI is InChI=1S/C15H19NO3/c1-10(12-7-5-11(9-16)6-8-12)13(17)14(18)19-15(2,3)4/h5-8,10,13,17H,1-4H3. The van der Waals surface area contributed by atoms with Crippen molar-refractivity contribution in [3.8, 4) is 6.07 Å². The topological polar surface area (TPSA) is 70.3 Å². The molecule has 0 aromatic heterocycles. The molecule has 0 bridgehead atoms. The number of carbonyl (C=O) groups excluding carboxylic acids is 1. The molecule has 1 aromatic carbocycles. The molecule has 0 aliphatic rings. The molecular formula is C15H19NO3. The smallest absolute Gasteiger partial charge is 0.336 e. The molecule has 0 saturated carbocycles. The van der Waals surface area contributed by atoms with Crippen molar-refractivity contribution < 1.29 is 14.6 Å². The summed E-state index contributed by atoms with van der Waals surface area (Å²) in [5, 5.41) is 18.7. The summed E-state index contributed by atoms with van der Waals surface area (Å²) in [6.45, 7) is 7.01. The van der Waals surface area contributed by atoms with Crippen LogP contribution in [-0.4, -0.2) is 22.8 Å². The number of esters is 1. The number of aliphatic hydroxyl groups excluding tert-OH is 1. The molecule has 102 valence electrons. The SMILES string of the molecule is CC(c1ccc(C#N)cc1)C(O)C(=O)OC(C)(C)C. The summed E-state index contributed by atoms with van der Waals surface area (Å²) in [6.07, 6.45) is -1.22. The largest absolute Gasteiger partial charge is 0.458 e. The third-order valence-electron chi connectivity index (χ3n) is 2.69. The lowest BCUT2D eigenvalue weighted by atomic mass is 9.94. The highest BCUT2D eigenvalue weighted by molar-refractivity contribution is 5.76. The number of benzene rings is 1. The molecule has 1 N–H and O–H groups in total. The van der Waals surface area contributed by atoms with E-state index in [1.807, 2.05) is 6.07 Å². The molecular weight excluding hydrogens is 242 g/mol. The Kier molecular flexibility index (Phi) is 4.68. The van der Waals surface area contributed by atoms with Gasteiger partial charge in [0.1, 0.15) is 5.60 Å². The van der Waals surface area contributed by atoms with Gasteiger partial charge in [0, 0.05) is 5.92 Å². The number of hydrogen-bond donors (Lipinski definition) is 1. The Morgan fingerprint density at radius 3 is 2.26 bits per heavy atom. The van der Waals surface area contributed by atoms with Crippen LogP contribution in [0, 0.1) is 11.3 Å². The molecule has 2 unspecified atom stereocenters. The first-order chi connectivity index (χ1) is 8.74. The lowest BCUT2D eigenvalue weighted by molar-refractivity contribution is -0.166. The Bertz CT molecular complexity index is 480. The molecule has 1 aromatic rings. The predicted molar refractivity (Wildman–Crippen MR) is 71.4 cm³/mol.